The summed E-state index contributed by atoms with van der Waals surface area (Å²) in [6.45, 7) is 1.62. The highest BCUT2D eigenvalue weighted by atomic mass is 32.2. The van der Waals surface area contributed by atoms with E-state index in [9.17, 15) is 19.3 Å². The highest BCUT2D eigenvalue weighted by Crippen LogP contribution is 2.37. The third kappa shape index (κ3) is 4.09. The number of carboxylic acids is 1. The first-order chi connectivity index (χ1) is 8.85. The molecule has 0 heterocycles. The van der Waals surface area contributed by atoms with Gasteiger partial charge in [0.2, 0.25) is 0 Å². The first kappa shape index (κ1) is 15.2. The minimum Gasteiger partial charge on any atom is -0.494 e. The van der Waals surface area contributed by atoms with Crippen molar-refractivity contribution in [3.05, 3.63) is 28.1 Å². The number of rotatable bonds is 6. The van der Waals surface area contributed by atoms with Gasteiger partial charge in [-0.3, -0.25) is 14.9 Å². The predicted octanol–water partition coefficient (Wildman–Crippen LogP) is 2.70. The van der Waals surface area contributed by atoms with Gasteiger partial charge in [0.1, 0.15) is 0 Å². The van der Waals surface area contributed by atoms with Crippen molar-refractivity contribution in [3.8, 4) is 5.75 Å². The van der Waals surface area contributed by atoms with E-state index in [0.717, 1.165) is 17.8 Å². The van der Waals surface area contributed by atoms with Crippen molar-refractivity contribution in [2.75, 3.05) is 7.11 Å². The fraction of sp³-hybridized carbons (Fsp3) is 0.364. The maximum atomic E-state index is 13.4. The summed E-state index contributed by atoms with van der Waals surface area (Å²) in [6.07, 6.45) is -0.151. The lowest BCUT2D eigenvalue weighted by molar-refractivity contribution is -0.387. The fourth-order valence-corrected chi connectivity index (χ4v) is 2.51. The lowest BCUT2D eigenvalue weighted by atomic mass is 10.3. The van der Waals surface area contributed by atoms with E-state index in [1.54, 1.807) is 6.92 Å². The molecule has 1 unspecified atom stereocenters. The van der Waals surface area contributed by atoms with Crippen molar-refractivity contribution in [1.82, 2.24) is 0 Å². The van der Waals surface area contributed by atoms with E-state index in [1.165, 1.54) is 13.2 Å². The average molecular weight is 289 g/mol. The van der Waals surface area contributed by atoms with Crippen molar-refractivity contribution < 1.29 is 24.0 Å². The van der Waals surface area contributed by atoms with Crippen molar-refractivity contribution in [2.24, 2.45) is 0 Å². The minimum atomic E-state index is -1.00. The molecule has 0 fully saturated rings. The van der Waals surface area contributed by atoms with E-state index in [0.29, 0.717) is 0 Å². The number of hydrogen-bond donors (Lipinski definition) is 1. The summed E-state index contributed by atoms with van der Waals surface area (Å²) >= 11 is 0.996. The third-order valence-corrected chi connectivity index (χ3v) is 3.37. The Labute approximate surface area is 112 Å². The molecule has 1 aromatic rings. The molecule has 104 valence electrons. The van der Waals surface area contributed by atoms with Gasteiger partial charge in [0, 0.05) is 11.3 Å². The molecule has 1 atom stereocenters. The van der Waals surface area contributed by atoms with Crippen molar-refractivity contribution >= 4 is 23.4 Å². The number of nitro groups is 1. The number of carbonyl (C=O) groups is 1. The van der Waals surface area contributed by atoms with Gasteiger partial charge in [-0.1, -0.05) is 6.92 Å². The minimum absolute atomic E-state index is 0.115. The highest BCUT2D eigenvalue weighted by molar-refractivity contribution is 8.00. The Morgan fingerprint density at radius 3 is 2.74 bits per heavy atom. The van der Waals surface area contributed by atoms with E-state index in [1.807, 2.05) is 0 Å². The summed E-state index contributed by atoms with van der Waals surface area (Å²) in [7, 11) is 1.25. The zero-order chi connectivity index (χ0) is 14.6. The SMILES string of the molecule is COc1cc(SC(C)CC(=O)O)c([N+](=O)[O-])cc1F. The second-order valence-corrected chi connectivity index (χ2v) is 5.22. The van der Waals surface area contributed by atoms with Crippen LogP contribution in [0.5, 0.6) is 5.75 Å². The number of methoxy groups -OCH3 is 1. The van der Waals surface area contributed by atoms with Crippen LogP contribution in [0.25, 0.3) is 0 Å². The molecule has 0 saturated heterocycles. The molecule has 0 radical (unpaired) electrons. The Morgan fingerprint density at radius 1 is 1.63 bits per heavy atom. The Bertz CT molecular complexity index is 508. The van der Waals surface area contributed by atoms with Crippen LogP contribution in [0.3, 0.4) is 0 Å². The zero-order valence-corrected chi connectivity index (χ0v) is 11.1. The number of aliphatic carboxylic acids is 1. The summed E-state index contributed by atoms with van der Waals surface area (Å²) in [4.78, 5) is 20.9. The number of carboxylic acid groups (broad SMARTS) is 1. The summed E-state index contributed by atoms with van der Waals surface area (Å²) in [5, 5.41) is 19.1. The van der Waals surface area contributed by atoms with Crippen LogP contribution in [0.2, 0.25) is 0 Å². The predicted molar refractivity (Wildman–Crippen MR) is 67.2 cm³/mol. The van der Waals surface area contributed by atoms with Crippen LogP contribution in [-0.4, -0.2) is 28.4 Å². The Morgan fingerprint density at radius 2 is 2.26 bits per heavy atom. The Balaban J connectivity index is 3.09. The largest absolute Gasteiger partial charge is 0.494 e. The van der Waals surface area contributed by atoms with Crippen LogP contribution in [0.4, 0.5) is 10.1 Å². The first-order valence-electron chi connectivity index (χ1n) is 5.25. The molecule has 0 aliphatic carbocycles. The number of nitrogens with zero attached hydrogens (tertiary/aromatic N) is 1. The number of hydrogen-bond acceptors (Lipinski definition) is 5. The van der Waals surface area contributed by atoms with E-state index < -0.39 is 22.4 Å². The maximum absolute atomic E-state index is 13.4. The second kappa shape index (κ2) is 6.37. The maximum Gasteiger partial charge on any atom is 0.304 e. The molecule has 0 aliphatic heterocycles. The molecule has 6 nitrogen and oxygen atoms in total. The molecule has 8 heteroatoms. The number of thioether (sulfide) groups is 1. The lowest BCUT2D eigenvalue weighted by Gasteiger charge is -2.10. The molecule has 19 heavy (non-hydrogen) atoms. The normalized spacial score (nSPS) is 11.9. The van der Waals surface area contributed by atoms with Gasteiger partial charge in [-0.2, -0.15) is 0 Å². The summed E-state index contributed by atoms with van der Waals surface area (Å²) < 4.78 is 18.2. The number of halogens is 1. The Kier molecular flexibility index (Phi) is 5.11. The van der Waals surface area contributed by atoms with Crippen LogP contribution in [0, 0.1) is 15.9 Å². The van der Waals surface area contributed by atoms with Gasteiger partial charge in [0.05, 0.1) is 29.4 Å². The standard InChI is InChI=1S/C11H12FNO5S/c1-6(3-11(14)15)19-10-5-9(18-2)7(12)4-8(10)13(16)17/h4-6H,3H2,1-2H3,(H,14,15). The van der Waals surface area contributed by atoms with Crippen molar-refractivity contribution in [3.63, 3.8) is 0 Å². The average Bonchev–Trinajstić information content (AvgIpc) is 2.29. The van der Waals surface area contributed by atoms with Crippen LogP contribution in [0.15, 0.2) is 17.0 Å². The van der Waals surface area contributed by atoms with E-state index in [-0.39, 0.29) is 22.3 Å². The highest BCUT2D eigenvalue weighted by Gasteiger charge is 2.22. The lowest BCUT2D eigenvalue weighted by Crippen LogP contribution is -2.06. The molecule has 0 aliphatic rings. The smallest absolute Gasteiger partial charge is 0.304 e. The van der Waals surface area contributed by atoms with Crippen molar-refractivity contribution in [1.29, 1.82) is 0 Å². The first-order valence-corrected chi connectivity index (χ1v) is 6.13. The van der Waals surface area contributed by atoms with E-state index in [4.69, 9.17) is 9.84 Å². The number of nitro benzene ring substituents is 1. The Hall–Kier alpha value is -1.83. The molecule has 0 saturated carbocycles. The number of ether oxygens (including phenoxy) is 1. The fourth-order valence-electron chi connectivity index (χ4n) is 1.42. The van der Waals surface area contributed by atoms with Gasteiger partial charge in [0.25, 0.3) is 5.69 Å². The van der Waals surface area contributed by atoms with Crippen molar-refractivity contribution in [2.45, 2.75) is 23.5 Å². The molecule has 0 amide bonds. The second-order valence-electron chi connectivity index (χ2n) is 3.74. The molecule has 1 aromatic carbocycles. The molecular weight excluding hydrogens is 277 g/mol. The topological polar surface area (TPSA) is 89.7 Å². The molecule has 0 aromatic heterocycles. The van der Waals surface area contributed by atoms with Crippen LogP contribution < -0.4 is 4.74 Å². The van der Waals surface area contributed by atoms with Gasteiger partial charge in [0.15, 0.2) is 11.6 Å². The van der Waals surface area contributed by atoms with E-state index >= 15 is 0 Å². The van der Waals surface area contributed by atoms with Crippen LogP contribution in [0.1, 0.15) is 13.3 Å². The number of benzene rings is 1. The van der Waals surface area contributed by atoms with Gasteiger partial charge in [-0.15, -0.1) is 11.8 Å². The third-order valence-electron chi connectivity index (χ3n) is 2.22. The van der Waals surface area contributed by atoms with Gasteiger partial charge < -0.3 is 9.84 Å². The van der Waals surface area contributed by atoms with Gasteiger partial charge in [-0.25, -0.2) is 4.39 Å². The van der Waals surface area contributed by atoms with Gasteiger partial charge >= 0.3 is 5.97 Å². The summed E-state index contributed by atoms with van der Waals surface area (Å²) in [6, 6.07) is 1.98. The monoisotopic (exact) mass is 289 g/mol. The molecule has 0 spiro atoms. The molecule has 1 N–H and O–H groups in total. The zero-order valence-electron chi connectivity index (χ0n) is 10.3. The summed E-state index contributed by atoms with van der Waals surface area (Å²) in [5.74, 6) is -1.95. The molecule has 1 rings (SSSR count). The molecular formula is C11H12FNO5S. The quantitative estimate of drug-likeness (QED) is 0.492. The van der Waals surface area contributed by atoms with Gasteiger partial charge in [-0.05, 0) is 0 Å². The van der Waals surface area contributed by atoms with Crippen LogP contribution in [-0.2, 0) is 4.79 Å². The molecule has 0 bridgehead atoms. The summed E-state index contributed by atoms with van der Waals surface area (Å²) in [5.41, 5.74) is -0.402. The van der Waals surface area contributed by atoms with Crippen LogP contribution >= 0.6 is 11.8 Å². The van der Waals surface area contributed by atoms with E-state index in [2.05, 4.69) is 0 Å².